The third-order valence-electron chi connectivity index (χ3n) is 3.23. The summed E-state index contributed by atoms with van der Waals surface area (Å²) >= 11 is 6.76. The molecule has 2 amide bonds. The van der Waals surface area contributed by atoms with Crippen molar-refractivity contribution in [1.29, 1.82) is 0 Å². The number of imide groups is 1. The second-order valence-corrected chi connectivity index (χ2v) is 6.15. The second kappa shape index (κ2) is 6.52. The third-order valence-corrected chi connectivity index (χ3v) is 4.50. The molecule has 116 valence electrons. The molecule has 1 aromatic carbocycles. The number of aromatic nitrogens is 1. The van der Waals surface area contributed by atoms with Gasteiger partial charge in [-0.2, -0.15) is 0 Å². The van der Waals surface area contributed by atoms with Crippen molar-refractivity contribution in [1.82, 2.24) is 9.88 Å². The summed E-state index contributed by atoms with van der Waals surface area (Å²) in [5.74, 6) is -1.02. The number of nitrogens with zero attached hydrogens (tertiary/aromatic N) is 2. The van der Waals surface area contributed by atoms with E-state index in [-0.39, 0.29) is 22.0 Å². The van der Waals surface area contributed by atoms with Gasteiger partial charge in [0.05, 0.1) is 11.4 Å². The van der Waals surface area contributed by atoms with Crippen molar-refractivity contribution in [2.75, 3.05) is 0 Å². The Morgan fingerprint density at radius 1 is 1.26 bits per heavy atom. The van der Waals surface area contributed by atoms with Crippen molar-refractivity contribution in [3.8, 4) is 0 Å². The molecular weight excluding hydrogens is 339 g/mol. The Morgan fingerprint density at radius 2 is 2.09 bits per heavy atom. The number of hydrogen-bond donors (Lipinski definition) is 0. The Kier molecular flexibility index (Phi) is 4.45. The Morgan fingerprint density at radius 3 is 2.78 bits per heavy atom. The maximum Gasteiger partial charge on any atom is 0.293 e. The normalized spacial score (nSPS) is 16.4. The summed E-state index contributed by atoms with van der Waals surface area (Å²) in [7, 11) is 0. The fraction of sp³-hybridized carbons (Fsp3) is 0.0625. The van der Waals surface area contributed by atoms with E-state index >= 15 is 0 Å². The summed E-state index contributed by atoms with van der Waals surface area (Å²) in [6, 6.07) is 7.73. The van der Waals surface area contributed by atoms with Gasteiger partial charge < -0.3 is 0 Å². The van der Waals surface area contributed by atoms with Crippen LogP contribution in [0, 0.1) is 5.82 Å². The lowest BCUT2D eigenvalue weighted by Gasteiger charge is -2.14. The zero-order valence-corrected chi connectivity index (χ0v) is 13.3. The van der Waals surface area contributed by atoms with Gasteiger partial charge in [-0.3, -0.25) is 19.5 Å². The van der Waals surface area contributed by atoms with Crippen LogP contribution >= 0.6 is 23.4 Å². The largest absolute Gasteiger partial charge is 0.293 e. The molecule has 0 saturated carbocycles. The average molecular weight is 349 g/mol. The molecule has 1 fully saturated rings. The van der Waals surface area contributed by atoms with Gasteiger partial charge in [-0.05, 0) is 41.6 Å². The van der Waals surface area contributed by atoms with Crippen molar-refractivity contribution in [2.45, 2.75) is 6.54 Å². The van der Waals surface area contributed by atoms with Crippen LogP contribution in [0.4, 0.5) is 9.18 Å². The molecule has 4 nitrogen and oxygen atoms in total. The Bertz CT molecular complexity index is 791. The first-order valence-corrected chi connectivity index (χ1v) is 7.84. The summed E-state index contributed by atoms with van der Waals surface area (Å²) in [4.78, 5) is 29.6. The highest BCUT2D eigenvalue weighted by Gasteiger charge is 2.35. The molecule has 0 aliphatic carbocycles. The minimum atomic E-state index is -0.548. The van der Waals surface area contributed by atoms with E-state index in [4.69, 9.17) is 11.6 Å². The standard InChI is InChI=1S/C16H10ClFN2O2S/c17-12-4-1-5-13(18)11(12)9-20-15(21)14(23-16(20)22)7-10-3-2-6-19-8-10/h1-8H,9H2. The van der Waals surface area contributed by atoms with E-state index in [1.54, 1.807) is 30.6 Å². The molecule has 0 bridgehead atoms. The molecule has 0 radical (unpaired) electrons. The van der Waals surface area contributed by atoms with E-state index in [2.05, 4.69) is 4.98 Å². The smallest absolute Gasteiger partial charge is 0.268 e. The van der Waals surface area contributed by atoms with Gasteiger partial charge >= 0.3 is 0 Å². The monoisotopic (exact) mass is 348 g/mol. The van der Waals surface area contributed by atoms with E-state index in [9.17, 15) is 14.0 Å². The number of pyridine rings is 1. The van der Waals surface area contributed by atoms with Crippen LogP contribution in [0.15, 0.2) is 47.6 Å². The van der Waals surface area contributed by atoms with Gasteiger partial charge in [-0.15, -0.1) is 0 Å². The average Bonchev–Trinajstić information content (AvgIpc) is 2.79. The van der Waals surface area contributed by atoms with Crippen molar-refractivity contribution >= 4 is 40.6 Å². The Balaban J connectivity index is 1.86. The van der Waals surface area contributed by atoms with Crippen molar-refractivity contribution in [3.63, 3.8) is 0 Å². The first kappa shape index (κ1) is 15.7. The molecule has 0 spiro atoms. The van der Waals surface area contributed by atoms with E-state index in [0.717, 1.165) is 16.7 Å². The van der Waals surface area contributed by atoms with Gasteiger partial charge in [-0.25, -0.2) is 4.39 Å². The number of thioether (sulfide) groups is 1. The Hall–Kier alpha value is -2.18. The molecule has 0 unspecified atom stereocenters. The van der Waals surface area contributed by atoms with E-state index < -0.39 is 17.0 Å². The molecule has 0 N–H and O–H groups in total. The summed E-state index contributed by atoms with van der Waals surface area (Å²) in [5, 5.41) is -0.273. The van der Waals surface area contributed by atoms with Crippen LogP contribution in [0.25, 0.3) is 6.08 Å². The molecule has 1 aromatic heterocycles. The predicted octanol–water partition coefficient (Wildman–Crippen LogP) is 4.11. The number of carbonyl (C=O) groups is 2. The topological polar surface area (TPSA) is 50.3 Å². The summed E-state index contributed by atoms with van der Waals surface area (Å²) in [5.41, 5.74) is 0.834. The molecule has 3 rings (SSSR count). The number of halogens is 2. The molecular formula is C16H10ClFN2O2S. The quantitative estimate of drug-likeness (QED) is 0.783. The third kappa shape index (κ3) is 3.28. The van der Waals surface area contributed by atoms with Crippen LogP contribution in [-0.2, 0) is 11.3 Å². The molecule has 1 aliphatic rings. The summed E-state index contributed by atoms with van der Waals surface area (Å²) in [6.45, 7) is -0.194. The zero-order valence-electron chi connectivity index (χ0n) is 11.7. The fourth-order valence-electron chi connectivity index (χ4n) is 2.09. The molecule has 1 aliphatic heterocycles. The second-order valence-electron chi connectivity index (χ2n) is 4.75. The highest BCUT2D eigenvalue weighted by Crippen LogP contribution is 2.34. The van der Waals surface area contributed by atoms with Crippen LogP contribution in [0.5, 0.6) is 0 Å². The molecule has 23 heavy (non-hydrogen) atoms. The molecule has 7 heteroatoms. The predicted molar refractivity (Wildman–Crippen MR) is 87.2 cm³/mol. The van der Waals surface area contributed by atoms with E-state index in [1.165, 1.54) is 18.2 Å². The maximum absolute atomic E-state index is 13.8. The minimum Gasteiger partial charge on any atom is -0.268 e. The Labute approximate surface area is 141 Å². The fourth-order valence-corrected chi connectivity index (χ4v) is 3.15. The highest BCUT2D eigenvalue weighted by molar-refractivity contribution is 8.18. The SMILES string of the molecule is O=C1SC(=Cc2cccnc2)C(=O)N1Cc1c(F)cccc1Cl. The van der Waals surface area contributed by atoms with Gasteiger partial charge in [-0.1, -0.05) is 23.7 Å². The lowest BCUT2D eigenvalue weighted by molar-refractivity contribution is -0.123. The number of rotatable bonds is 3. The van der Waals surface area contributed by atoms with Crippen molar-refractivity contribution in [3.05, 3.63) is 69.6 Å². The van der Waals surface area contributed by atoms with Crippen LogP contribution in [0.2, 0.25) is 5.02 Å². The molecule has 2 heterocycles. The molecule has 1 saturated heterocycles. The number of carbonyl (C=O) groups excluding carboxylic acids is 2. The van der Waals surface area contributed by atoms with Crippen LogP contribution < -0.4 is 0 Å². The first-order valence-electron chi connectivity index (χ1n) is 6.64. The summed E-state index contributed by atoms with van der Waals surface area (Å²) in [6.07, 6.45) is 4.78. The highest BCUT2D eigenvalue weighted by atomic mass is 35.5. The van der Waals surface area contributed by atoms with Gasteiger partial charge in [0.25, 0.3) is 11.1 Å². The van der Waals surface area contributed by atoms with Crippen molar-refractivity contribution < 1.29 is 14.0 Å². The molecule has 2 aromatic rings. The van der Waals surface area contributed by atoms with Gasteiger partial charge in [0.2, 0.25) is 0 Å². The number of hydrogen-bond acceptors (Lipinski definition) is 4. The van der Waals surface area contributed by atoms with E-state index in [1.807, 2.05) is 0 Å². The number of amides is 2. The minimum absolute atomic E-state index is 0.124. The van der Waals surface area contributed by atoms with Crippen LogP contribution in [0.1, 0.15) is 11.1 Å². The lowest BCUT2D eigenvalue weighted by Crippen LogP contribution is -2.28. The van der Waals surface area contributed by atoms with Gasteiger partial charge in [0.15, 0.2) is 0 Å². The van der Waals surface area contributed by atoms with Crippen molar-refractivity contribution in [2.24, 2.45) is 0 Å². The summed E-state index contributed by atoms with van der Waals surface area (Å²) < 4.78 is 13.8. The lowest BCUT2D eigenvalue weighted by atomic mass is 10.2. The zero-order chi connectivity index (χ0) is 16.4. The van der Waals surface area contributed by atoms with Crippen LogP contribution in [-0.4, -0.2) is 21.0 Å². The molecule has 0 atom stereocenters. The maximum atomic E-state index is 13.8. The van der Waals surface area contributed by atoms with E-state index in [0.29, 0.717) is 5.56 Å². The van der Waals surface area contributed by atoms with Gasteiger partial charge in [0, 0.05) is 23.0 Å². The van der Waals surface area contributed by atoms with Gasteiger partial charge in [0.1, 0.15) is 5.82 Å². The first-order chi connectivity index (χ1) is 11.1. The van der Waals surface area contributed by atoms with Crippen LogP contribution in [0.3, 0.4) is 0 Å². The number of benzene rings is 1.